The molecular weight excluding hydrogens is 312 g/mol. The van der Waals surface area contributed by atoms with Crippen molar-refractivity contribution in [3.8, 4) is 5.88 Å². The van der Waals surface area contributed by atoms with E-state index in [0.29, 0.717) is 12.3 Å². The number of nitrogens with one attached hydrogen (secondary N) is 1. The van der Waals surface area contributed by atoms with Gasteiger partial charge in [-0.05, 0) is 38.3 Å². The minimum absolute atomic E-state index is 0.190. The monoisotopic (exact) mass is 334 g/mol. The smallest absolute Gasteiger partial charge is 0.325 e. The summed E-state index contributed by atoms with van der Waals surface area (Å²) >= 11 is 0. The van der Waals surface area contributed by atoms with Crippen molar-refractivity contribution in [1.29, 1.82) is 0 Å². The Bertz CT molecular complexity index is 797. The summed E-state index contributed by atoms with van der Waals surface area (Å²) in [5.41, 5.74) is 3.48. The van der Waals surface area contributed by atoms with E-state index < -0.39 is 12.0 Å². The molecule has 0 unspecified atom stereocenters. The number of aromatic nitrogens is 3. The highest BCUT2D eigenvalue weighted by atomic mass is 16.5. The summed E-state index contributed by atoms with van der Waals surface area (Å²) in [6.45, 7) is 5.28. The molecule has 8 nitrogen and oxygen atoms in total. The summed E-state index contributed by atoms with van der Waals surface area (Å²) in [4.78, 5) is 27.3. The van der Waals surface area contributed by atoms with Gasteiger partial charge in [-0.15, -0.1) is 5.10 Å². The van der Waals surface area contributed by atoms with Gasteiger partial charge in [0.25, 0.3) is 0 Å². The molecule has 0 aromatic carbocycles. The molecule has 24 heavy (non-hydrogen) atoms. The maximum absolute atomic E-state index is 11.9. The molecule has 0 aliphatic rings. The van der Waals surface area contributed by atoms with Gasteiger partial charge in [0.05, 0.1) is 12.5 Å². The number of carboxylic acid groups (broad SMARTS) is 1. The van der Waals surface area contributed by atoms with E-state index in [9.17, 15) is 9.59 Å². The number of fused-ring (bicyclic) bond motifs is 1. The summed E-state index contributed by atoms with van der Waals surface area (Å²) in [6.07, 6.45) is 0.659. The van der Waals surface area contributed by atoms with Crippen LogP contribution in [0.15, 0.2) is 0 Å². The van der Waals surface area contributed by atoms with Crippen molar-refractivity contribution in [2.75, 3.05) is 7.11 Å². The molecule has 2 heterocycles. The first-order valence-corrected chi connectivity index (χ1v) is 7.65. The zero-order valence-corrected chi connectivity index (χ0v) is 14.5. The summed E-state index contributed by atoms with van der Waals surface area (Å²) in [5, 5.41) is 16.4. The third kappa shape index (κ3) is 3.32. The number of aliphatic carboxylic acids is 1. The quantitative estimate of drug-likeness (QED) is 0.820. The molecule has 2 rings (SSSR count). The lowest BCUT2D eigenvalue weighted by Gasteiger charge is -2.12. The lowest BCUT2D eigenvalue weighted by molar-refractivity contribution is -0.141. The second-order valence-electron chi connectivity index (χ2n) is 5.76. The van der Waals surface area contributed by atoms with Gasteiger partial charge in [-0.3, -0.25) is 9.59 Å². The lowest BCUT2D eigenvalue weighted by atomic mass is 10.00. The predicted octanol–water partition coefficient (Wildman–Crippen LogP) is 1.12. The van der Waals surface area contributed by atoms with Crippen molar-refractivity contribution in [1.82, 2.24) is 20.1 Å². The maximum Gasteiger partial charge on any atom is 0.325 e. The van der Waals surface area contributed by atoms with Gasteiger partial charge in [-0.2, -0.15) is 0 Å². The van der Waals surface area contributed by atoms with Crippen molar-refractivity contribution < 1.29 is 19.4 Å². The van der Waals surface area contributed by atoms with Crippen LogP contribution < -0.4 is 10.1 Å². The molecule has 1 atom stereocenters. The molecule has 0 fully saturated rings. The van der Waals surface area contributed by atoms with Gasteiger partial charge in [0.1, 0.15) is 6.04 Å². The van der Waals surface area contributed by atoms with E-state index in [1.165, 1.54) is 6.92 Å². The zero-order valence-electron chi connectivity index (χ0n) is 14.5. The van der Waals surface area contributed by atoms with E-state index in [2.05, 4.69) is 15.4 Å². The number of hydrogen-bond donors (Lipinski definition) is 2. The first-order valence-electron chi connectivity index (χ1n) is 7.65. The molecule has 130 valence electrons. The normalized spacial score (nSPS) is 12.2. The van der Waals surface area contributed by atoms with Crippen LogP contribution in [0.3, 0.4) is 0 Å². The van der Waals surface area contributed by atoms with Gasteiger partial charge in [0.2, 0.25) is 11.8 Å². The van der Waals surface area contributed by atoms with Crippen LogP contribution in [0.5, 0.6) is 5.88 Å². The Kier molecular flexibility index (Phi) is 5.06. The number of carbonyl (C=O) groups excluding carboxylic acids is 1. The van der Waals surface area contributed by atoms with E-state index in [1.807, 2.05) is 13.8 Å². The summed E-state index contributed by atoms with van der Waals surface area (Å²) in [7, 11) is 3.36. The van der Waals surface area contributed by atoms with Crippen LogP contribution in [0.1, 0.15) is 30.2 Å². The number of aryl methyl sites for hydroxylation is 3. The van der Waals surface area contributed by atoms with Gasteiger partial charge in [0.15, 0.2) is 5.65 Å². The molecule has 2 N–H and O–H groups in total. The maximum atomic E-state index is 11.9. The molecule has 0 radical (unpaired) electrons. The number of amides is 1. The molecule has 0 saturated heterocycles. The van der Waals surface area contributed by atoms with Crippen LogP contribution in [0, 0.1) is 13.8 Å². The number of methoxy groups -OCH3 is 1. The number of hydrogen-bond acceptors (Lipinski definition) is 5. The lowest BCUT2D eigenvalue weighted by Crippen LogP contribution is -2.38. The van der Waals surface area contributed by atoms with Crippen molar-refractivity contribution in [3.63, 3.8) is 0 Å². The summed E-state index contributed by atoms with van der Waals surface area (Å²) in [5.74, 6) is -0.858. The van der Waals surface area contributed by atoms with Crippen molar-refractivity contribution >= 4 is 22.9 Å². The van der Waals surface area contributed by atoms with E-state index >= 15 is 0 Å². The molecular formula is C16H22N4O4. The Balaban J connectivity index is 2.26. The van der Waals surface area contributed by atoms with E-state index in [0.717, 1.165) is 27.9 Å². The molecule has 8 heteroatoms. The van der Waals surface area contributed by atoms with Crippen LogP contribution >= 0.6 is 0 Å². The first kappa shape index (κ1) is 17.7. The Morgan fingerprint density at radius 2 is 2.04 bits per heavy atom. The van der Waals surface area contributed by atoms with Gasteiger partial charge in [0, 0.05) is 19.2 Å². The van der Waals surface area contributed by atoms with Crippen LogP contribution in [0.2, 0.25) is 0 Å². The molecule has 1 amide bonds. The highest BCUT2D eigenvalue weighted by Crippen LogP contribution is 2.30. The van der Waals surface area contributed by atoms with Crippen molar-refractivity contribution in [3.05, 3.63) is 16.8 Å². The Morgan fingerprint density at radius 1 is 1.38 bits per heavy atom. The van der Waals surface area contributed by atoms with E-state index in [4.69, 9.17) is 9.84 Å². The molecule has 2 aromatic heterocycles. The number of nitrogens with zero attached hydrogens (tertiary/aromatic N) is 3. The fraction of sp³-hybridized carbons (Fsp3) is 0.500. The second kappa shape index (κ2) is 6.86. The van der Waals surface area contributed by atoms with E-state index in [1.54, 1.807) is 18.8 Å². The highest BCUT2D eigenvalue weighted by Gasteiger charge is 2.19. The first-order chi connectivity index (χ1) is 11.3. The highest BCUT2D eigenvalue weighted by molar-refractivity contribution is 5.87. The van der Waals surface area contributed by atoms with Gasteiger partial charge in [-0.1, -0.05) is 0 Å². The molecule has 2 aromatic rings. The predicted molar refractivity (Wildman–Crippen MR) is 88.1 cm³/mol. The zero-order chi connectivity index (χ0) is 18.0. The average Bonchev–Trinajstić information content (AvgIpc) is 2.83. The van der Waals surface area contributed by atoms with Crippen molar-refractivity contribution in [2.24, 2.45) is 7.05 Å². The standard InChI is InChI=1S/C16H22N4O4/c1-8-11(6-7-12(21)17-10(3)16(22)23)9(2)18-14-13(8)15(24-5)19-20(14)4/h10H,6-7H2,1-5H3,(H,17,21)(H,22,23)/t10-/m1/s1. The van der Waals surface area contributed by atoms with Gasteiger partial charge >= 0.3 is 5.97 Å². The summed E-state index contributed by atoms with van der Waals surface area (Å²) < 4.78 is 6.98. The van der Waals surface area contributed by atoms with Crippen LogP contribution in [-0.4, -0.2) is 44.9 Å². The fourth-order valence-corrected chi connectivity index (χ4v) is 2.72. The second-order valence-corrected chi connectivity index (χ2v) is 5.76. The van der Waals surface area contributed by atoms with Crippen molar-refractivity contribution in [2.45, 2.75) is 39.7 Å². The molecule has 0 aliphatic carbocycles. The largest absolute Gasteiger partial charge is 0.480 e. The van der Waals surface area contributed by atoms with E-state index in [-0.39, 0.29) is 12.3 Å². The van der Waals surface area contributed by atoms with Crippen LogP contribution in [-0.2, 0) is 23.1 Å². The number of carbonyl (C=O) groups is 2. The average molecular weight is 334 g/mol. The van der Waals surface area contributed by atoms with Gasteiger partial charge in [-0.25, -0.2) is 9.67 Å². The molecule has 0 bridgehead atoms. The Hall–Kier alpha value is -2.64. The number of ether oxygens (including phenoxy) is 1. The topological polar surface area (TPSA) is 106 Å². The molecule has 0 spiro atoms. The third-order valence-corrected chi connectivity index (χ3v) is 4.07. The number of pyridine rings is 1. The minimum atomic E-state index is -1.06. The Labute approximate surface area is 139 Å². The number of carboxylic acids is 1. The Morgan fingerprint density at radius 3 is 2.62 bits per heavy atom. The fourth-order valence-electron chi connectivity index (χ4n) is 2.72. The molecule has 0 aliphatic heterocycles. The summed E-state index contributed by atoms with van der Waals surface area (Å²) in [6, 6.07) is -0.904. The van der Waals surface area contributed by atoms with Crippen LogP contribution in [0.4, 0.5) is 0 Å². The van der Waals surface area contributed by atoms with Gasteiger partial charge < -0.3 is 15.2 Å². The third-order valence-electron chi connectivity index (χ3n) is 4.07. The SMILES string of the molecule is COc1nn(C)c2nc(C)c(CCC(=O)N[C@H](C)C(=O)O)c(C)c12. The minimum Gasteiger partial charge on any atom is -0.480 e. The van der Waals surface area contributed by atoms with Crippen LogP contribution in [0.25, 0.3) is 11.0 Å². The number of rotatable bonds is 6. The molecule has 0 saturated carbocycles.